The highest BCUT2D eigenvalue weighted by atomic mass is 35.5. The van der Waals surface area contributed by atoms with Crippen LogP contribution in [0.5, 0.6) is 0 Å². The summed E-state index contributed by atoms with van der Waals surface area (Å²) in [5.74, 6) is -0.635. The van der Waals surface area contributed by atoms with Crippen LogP contribution in [0.15, 0.2) is 73.1 Å². The number of hydrogen-bond acceptors (Lipinski definition) is 4. The molecule has 0 spiro atoms. The maximum atomic E-state index is 12.5. The van der Waals surface area contributed by atoms with Crippen molar-refractivity contribution < 1.29 is 13.2 Å². The lowest BCUT2D eigenvalue weighted by molar-refractivity contribution is 0.0952. The number of para-hydroxylation sites is 1. The molecule has 0 unspecified atom stereocenters. The number of pyridine rings is 1. The number of halogens is 1. The highest BCUT2D eigenvalue weighted by Crippen LogP contribution is 2.19. The van der Waals surface area contributed by atoms with E-state index in [2.05, 4.69) is 15.0 Å². The molecule has 0 bridgehead atoms. The van der Waals surface area contributed by atoms with Gasteiger partial charge in [-0.1, -0.05) is 41.9 Å². The molecule has 3 rings (SSSR count). The molecule has 144 valence electrons. The molecule has 0 fully saturated rings. The number of carbonyl (C=O) groups is 1. The van der Waals surface area contributed by atoms with E-state index in [1.807, 2.05) is 6.07 Å². The van der Waals surface area contributed by atoms with E-state index in [0.29, 0.717) is 10.6 Å². The zero-order valence-corrected chi connectivity index (χ0v) is 16.4. The number of benzene rings is 2. The largest absolute Gasteiger partial charge is 0.348 e. The van der Waals surface area contributed by atoms with Crippen molar-refractivity contribution in [3.05, 3.63) is 94.8 Å². The standard InChI is InChI=1S/C20H18ClN3O3S/c21-17-7-3-5-15(11-17)14-28(26,27)24-19-9-2-1-8-18(19)20(25)23-13-16-6-4-10-22-12-16/h1-12,24H,13-14H2,(H,23,25). The summed E-state index contributed by atoms with van der Waals surface area (Å²) in [7, 11) is -3.73. The van der Waals surface area contributed by atoms with Gasteiger partial charge in [-0.2, -0.15) is 0 Å². The summed E-state index contributed by atoms with van der Waals surface area (Å²) in [5.41, 5.74) is 1.85. The van der Waals surface area contributed by atoms with Gasteiger partial charge in [-0.15, -0.1) is 0 Å². The molecular formula is C20H18ClN3O3S. The van der Waals surface area contributed by atoms with Crippen LogP contribution < -0.4 is 10.0 Å². The van der Waals surface area contributed by atoms with Gasteiger partial charge in [0.05, 0.1) is 17.0 Å². The molecule has 1 heterocycles. The molecule has 3 aromatic rings. The first-order chi connectivity index (χ1) is 13.4. The van der Waals surface area contributed by atoms with Gasteiger partial charge in [0.15, 0.2) is 0 Å². The molecule has 0 aliphatic rings. The number of nitrogens with one attached hydrogen (secondary N) is 2. The topological polar surface area (TPSA) is 88.2 Å². The Labute approximate surface area is 168 Å². The van der Waals surface area contributed by atoms with Crippen LogP contribution in [0.1, 0.15) is 21.5 Å². The van der Waals surface area contributed by atoms with Gasteiger partial charge in [0.2, 0.25) is 10.0 Å². The predicted octanol–water partition coefficient (Wildman–Crippen LogP) is 3.61. The molecule has 1 aromatic heterocycles. The minimum absolute atomic E-state index is 0.216. The number of sulfonamides is 1. The fourth-order valence-electron chi connectivity index (χ4n) is 2.60. The monoisotopic (exact) mass is 415 g/mol. The average molecular weight is 416 g/mol. The molecule has 2 N–H and O–H groups in total. The van der Waals surface area contributed by atoms with E-state index in [9.17, 15) is 13.2 Å². The Morgan fingerprint density at radius 1 is 1.00 bits per heavy atom. The Morgan fingerprint density at radius 3 is 2.54 bits per heavy atom. The van der Waals surface area contributed by atoms with Crippen LogP contribution in [0.4, 0.5) is 5.69 Å². The van der Waals surface area contributed by atoms with E-state index in [1.165, 1.54) is 0 Å². The van der Waals surface area contributed by atoms with Crippen molar-refractivity contribution in [2.75, 3.05) is 4.72 Å². The van der Waals surface area contributed by atoms with E-state index in [4.69, 9.17) is 11.6 Å². The van der Waals surface area contributed by atoms with E-state index in [-0.39, 0.29) is 29.5 Å². The van der Waals surface area contributed by atoms with Gasteiger partial charge < -0.3 is 5.32 Å². The van der Waals surface area contributed by atoms with E-state index < -0.39 is 10.0 Å². The van der Waals surface area contributed by atoms with Gasteiger partial charge in [-0.25, -0.2) is 8.42 Å². The number of hydrogen-bond donors (Lipinski definition) is 2. The molecule has 6 nitrogen and oxygen atoms in total. The number of rotatable bonds is 7. The lowest BCUT2D eigenvalue weighted by Gasteiger charge is -2.13. The lowest BCUT2D eigenvalue weighted by Crippen LogP contribution is -2.25. The van der Waals surface area contributed by atoms with Crippen LogP contribution in [0, 0.1) is 0 Å². The first-order valence-electron chi connectivity index (χ1n) is 8.44. The van der Waals surface area contributed by atoms with Crippen molar-refractivity contribution in [1.29, 1.82) is 0 Å². The molecule has 0 atom stereocenters. The number of anilines is 1. The maximum Gasteiger partial charge on any atom is 0.253 e. The fraction of sp³-hybridized carbons (Fsp3) is 0.100. The van der Waals surface area contributed by atoms with Crippen molar-refractivity contribution in [3.8, 4) is 0 Å². The quantitative estimate of drug-likeness (QED) is 0.617. The molecule has 1 amide bonds. The average Bonchev–Trinajstić information content (AvgIpc) is 2.66. The third kappa shape index (κ3) is 5.55. The molecule has 0 saturated carbocycles. The molecule has 28 heavy (non-hydrogen) atoms. The van der Waals surface area contributed by atoms with Gasteiger partial charge in [0.1, 0.15) is 0 Å². The van der Waals surface area contributed by atoms with Crippen LogP contribution in [0.3, 0.4) is 0 Å². The smallest absolute Gasteiger partial charge is 0.253 e. The van der Waals surface area contributed by atoms with E-state index >= 15 is 0 Å². The minimum Gasteiger partial charge on any atom is -0.348 e. The van der Waals surface area contributed by atoms with Crippen molar-refractivity contribution in [1.82, 2.24) is 10.3 Å². The maximum absolute atomic E-state index is 12.5. The molecule has 0 aliphatic carbocycles. The highest BCUT2D eigenvalue weighted by molar-refractivity contribution is 7.91. The number of carbonyl (C=O) groups excluding carboxylic acids is 1. The van der Waals surface area contributed by atoms with Crippen LogP contribution in [0.25, 0.3) is 0 Å². The van der Waals surface area contributed by atoms with Gasteiger partial charge in [0.25, 0.3) is 5.91 Å². The zero-order valence-electron chi connectivity index (χ0n) is 14.8. The molecule has 0 aliphatic heterocycles. The molecule has 8 heteroatoms. The SMILES string of the molecule is O=C(NCc1cccnc1)c1ccccc1NS(=O)(=O)Cc1cccc(Cl)c1. The molecular weight excluding hydrogens is 398 g/mol. The van der Waals surface area contributed by atoms with Crippen molar-refractivity contribution >= 4 is 33.2 Å². The van der Waals surface area contributed by atoms with Crippen molar-refractivity contribution in [3.63, 3.8) is 0 Å². The van der Waals surface area contributed by atoms with Gasteiger partial charge in [-0.05, 0) is 41.5 Å². The second-order valence-electron chi connectivity index (χ2n) is 6.08. The lowest BCUT2D eigenvalue weighted by atomic mass is 10.1. The third-order valence-corrected chi connectivity index (χ3v) is 5.34. The van der Waals surface area contributed by atoms with E-state index in [0.717, 1.165) is 5.56 Å². The molecule has 0 radical (unpaired) electrons. The van der Waals surface area contributed by atoms with Crippen LogP contribution in [-0.2, 0) is 22.3 Å². The minimum atomic E-state index is -3.73. The zero-order chi connectivity index (χ0) is 20.0. The Bertz CT molecular complexity index is 1070. The van der Waals surface area contributed by atoms with E-state index in [1.54, 1.807) is 67.0 Å². The van der Waals surface area contributed by atoms with Crippen LogP contribution in [-0.4, -0.2) is 19.3 Å². The fourth-order valence-corrected chi connectivity index (χ4v) is 4.02. The summed E-state index contributed by atoms with van der Waals surface area (Å²) in [6, 6.07) is 16.7. The Balaban J connectivity index is 1.73. The van der Waals surface area contributed by atoms with Gasteiger partial charge in [-0.3, -0.25) is 14.5 Å². The third-order valence-electron chi connectivity index (χ3n) is 3.86. The summed E-state index contributed by atoms with van der Waals surface area (Å²) >= 11 is 5.91. The normalized spacial score (nSPS) is 11.0. The second kappa shape index (κ2) is 8.86. The number of aromatic nitrogens is 1. The van der Waals surface area contributed by atoms with Crippen molar-refractivity contribution in [2.45, 2.75) is 12.3 Å². The Kier molecular flexibility index (Phi) is 6.28. The number of amides is 1. The summed E-state index contributed by atoms with van der Waals surface area (Å²) in [4.78, 5) is 16.5. The Morgan fingerprint density at radius 2 is 1.79 bits per heavy atom. The predicted molar refractivity (Wildman–Crippen MR) is 110 cm³/mol. The Hall–Kier alpha value is -2.90. The summed E-state index contributed by atoms with van der Waals surface area (Å²) < 4.78 is 27.6. The molecule has 2 aromatic carbocycles. The van der Waals surface area contributed by atoms with Crippen LogP contribution in [0.2, 0.25) is 5.02 Å². The van der Waals surface area contributed by atoms with Gasteiger partial charge >= 0.3 is 0 Å². The number of nitrogens with zero attached hydrogens (tertiary/aromatic N) is 1. The summed E-state index contributed by atoms with van der Waals surface area (Å²) in [5, 5.41) is 3.23. The first-order valence-corrected chi connectivity index (χ1v) is 10.5. The van der Waals surface area contributed by atoms with Crippen molar-refractivity contribution in [2.24, 2.45) is 0 Å². The summed E-state index contributed by atoms with van der Waals surface area (Å²) in [6.45, 7) is 0.288. The first kappa shape index (κ1) is 19.9. The highest BCUT2D eigenvalue weighted by Gasteiger charge is 2.17. The van der Waals surface area contributed by atoms with Gasteiger partial charge in [0, 0.05) is 24.0 Å². The second-order valence-corrected chi connectivity index (χ2v) is 8.24. The van der Waals surface area contributed by atoms with Crippen LogP contribution >= 0.6 is 11.6 Å². The molecule has 0 saturated heterocycles. The summed E-state index contributed by atoms with van der Waals surface area (Å²) in [6.07, 6.45) is 3.30.